The van der Waals surface area contributed by atoms with Crippen molar-refractivity contribution in [2.75, 3.05) is 20.7 Å². The van der Waals surface area contributed by atoms with Crippen LogP contribution < -0.4 is 10.6 Å². The van der Waals surface area contributed by atoms with Crippen molar-refractivity contribution in [3.8, 4) is 0 Å². The second-order valence-corrected chi connectivity index (χ2v) is 4.57. The van der Waals surface area contributed by atoms with Gasteiger partial charge < -0.3 is 15.4 Å². The number of carbonyl (C=O) groups is 2. The minimum absolute atomic E-state index is 0.153. The highest BCUT2D eigenvalue weighted by molar-refractivity contribution is 5.88. The molecule has 0 atom stereocenters. The van der Waals surface area contributed by atoms with E-state index in [9.17, 15) is 9.59 Å². The Morgan fingerprint density at radius 2 is 1.76 bits per heavy atom. The Bertz CT molecular complexity index is 271. The van der Waals surface area contributed by atoms with Crippen molar-refractivity contribution in [2.24, 2.45) is 0 Å². The van der Waals surface area contributed by atoms with Gasteiger partial charge in [-0.3, -0.25) is 4.79 Å². The zero-order valence-electron chi connectivity index (χ0n) is 10.7. The first kappa shape index (κ1) is 14.0. The molecule has 0 aliphatic heterocycles. The fourth-order valence-electron chi connectivity index (χ4n) is 2.38. The second-order valence-electron chi connectivity index (χ2n) is 4.57. The number of hydrogen-bond acceptors (Lipinski definition) is 4. The molecule has 98 valence electrons. The van der Waals surface area contributed by atoms with Gasteiger partial charge in [0, 0.05) is 0 Å². The molecule has 5 heteroatoms. The molecule has 1 rings (SSSR count). The molecule has 0 saturated heterocycles. The number of rotatable bonds is 4. The quantitative estimate of drug-likeness (QED) is 0.559. The lowest BCUT2D eigenvalue weighted by Crippen LogP contribution is -2.56. The molecule has 0 aromatic carbocycles. The summed E-state index contributed by atoms with van der Waals surface area (Å²) in [4.78, 5) is 23.6. The van der Waals surface area contributed by atoms with Crippen LogP contribution in [0.15, 0.2) is 0 Å². The molecule has 0 unspecified atom stereocenters. The van der Waals surface area contributed by atoms with Crippen LogP contribution in [0.2, 0.25) is 0 Å². The van der Waals surface area contributed by atoms with E-state index in [1.165, 1.54) is 7.11 Å². The van der Waals surface area contributed by atoms with E-state index < -0.39 is 5.54 Å². The van der Waals surface area contributed by atoms with Crippen LogP contribution in [0.1, 0.15) is 38.5 Å². The molecule has 0 bridgehead atoms. The van der Waals surface area contributed by atoms with E-state index in [2.05, 4.69) is 10.6 Å². The van der Waals surface area contributed by atoms with Crippen molar-refractivity contribution in [1.82, 2.24) is 10.6 Å². The van der Waals surface area contributed by atoms with E-state index >= 15 is 0 Å². The van der Waals surface area contributed by atoms with E-state index in [0.29, 0.717) is 12.8 Å². The van der Waals surface area contributed by atoms with Crippen molar-refractivity contribution in [1.29, 1.82) is 0 Å². The molecule has 0 heterocycles. The van der Waals surface area contributed by atoms with Crippen molar-refractivity contribution in [3.05, 3.63) is 0 Å². The summed E-state index contributed by atoms with van der Waals surface area (Å²) < 4.78 is 4.85. The second kappa shape index (κ2) is 6.59. The molecule has 5 nitrogen and oxygen atoms in total. The summed E-state index contributed by atoms with van der Waals surface area (Å²) >= 11 is 0. The van der Waals surface area contributed by atoms with Crippen molar-refractivity contribution in [2.45, 2.75) is 44.1 Å². The molecule has 17 heavy (non-hydrogen) atoms. The number of amides is 1. The van der Waals surface area contributed by atoms with Gasteiger partial charge in [-0.15, -0.1) is 0 Å². The van der Waals surface area contributed by atoms with Gasteiger partial charge in [-0.2, -0.15) is 0 Å². The third-order valence-corrected chi connectivity index (χ3v) is 3.25. The first-order valence-corrected chi connectivity index (χ1v) is 6.18. The van der Waals surface area contributed by atoms with Crippen LogP contribution in [-0.2, 0) is 14.3 Å². The predicted molar refractivity (Wildman–Crippen MR) is 64.5 cm³/mol. The Hall–Kier alpha value is -1.10. The number of methoxy groups -OCH3 is 1. The monoisotopic (exact) mass is 242 g/mol. The van der Waals surface area contributed by atoms with Gasteiger partial charge in [-0.05, 0) is 19.9 Å². The molecule has 0 aromatic rings. The molecule has 1 fully saturated rings. The maximum atomic E-state index is 11.9. The standard InChI is InChI=1S/C12H22N2O3/c1-13-9-10(15)14-12(11(16)17-2)7-5-3-4-6-8-12/h13H,3-9H2,1-2H3,(H,14,15). The van der Waals surface area contributed by atoms with Gasteiger partial charge in [-0.1, -0.05) is 25.7 Å². The predicted octanol–water partition coefficient (Wildman–Crippen LogP) is 0.588. The lowest BCUT2D eigenvalue weighted by Gasteiger charge is -2.30. The highest BCUT2D eigenvalue weighted by Crippen LogP contribution is 2.28. The minimum atomic E-state index is -0.806. The zero-order valence-corrected chi connectivity index (χ0v) is 10.7. The first-order valence-electron chi connectivity index (χ1n) is 6.18. The van der Waals surface area contributed by atoms with Gasteiger partial charge >= 0.3 is 5.97 Å². The van der Waals surface area contributed by atoms with E-state index in [-0.39, 0.29) is 18.4 Å². The number of hydrogen-bond donors (Lipinski definition) is 2. The fourth-order valence-corrected chi connectivity index (χ4v) is 2.38. The number of ether oxygens (including phenoxy) is 1. The number of esters is 1. The Balaban J connectivity index is 2.76. The number of carbonyl (C=O) groups excluding carboxylic acids is 2. The number of nitrogens with one attached hydrogen (secondary N) is 2. The van der Waals surface area contributed by atoms with Gasteiger partial charge in [-0.25, -0.2) is 4.79 Å². The third-order valence-electron chi connectivity index (χ3n) is 3.25. The molecular weight excluding hydrogens is 220 g/mol. The van der Waals surface area contributed by atoms with E-state index in [4.69, 9.17) is 4.74 Å². The van der Waals surface area contributed by atoms with Crippen molar-refractivity contribution in [3.63, 3.8) is 0 Å². The molecule has 1 saturated carbocycles. The maximum absolute atomic E-state index is 11.9. The Morgan fingerprint density at radius 3 is 2.24 bits per heavy atom. The summed E-state index contributed by atoms with van der Waals surface area (Å²) in [6.45, 7) is 0.221. The van der Waals surface area contributed by atoms with E-state index in [0.717, 1.165) is 25.7 Å². The summed E-state index contributed by atoms with van der Waals surface area (Å²) in [7, 11) is 3.08. The Kier molecular flexibility index (Phi) is 5.41. The van der Waals surface area contributed by atoms with Crippen LogP contribution in [0.5, 0.6) is 0 Å². The summed E-state index contributed by atoms with van der Waals surface area (Å²) in [5, 5.41) is 5.63. The summed E-state index contributed by atoms with van der Waals surface area (Å²) in [6.07, 6.45) is 5.48. The van der Waals surface area contributed by atoms with Crippen molar-refractivity contribution >= 4 is 11.9 Å². The minimum Gasteiger partial charge on any atom is -0.467 e. The molecule has 1 amide bonds. The average molecular weight is 242 g/mol. The molecule has 1 aliphatic rings. The molecule has 0 aromatic heterocycles. The van der Waals surface area contributed by atoms with Gasteiger partial charge in [0.2, 0.25) is 5.91 Å². The third kappa shape index (κ3) is 3.70. The van der Waals surface area contributed by atoms with Crippen LogP contribution in [-0.4, -0.2) is 38.1 Å². The van der Waals surface area contributed by atoms with Crippen molar-refractivity contribution < 1.29 is 14.3 Å². The number of likely N-dealkylation sites (N-methyl/N-ethyl adjacent to an activating group) is 1. The lowest BCUT2D eigenvalue weighted by molar-refractivity contribution is -0.151. The molecule has 1 aliphatic carbocycles. The molecule has 2 N–H and O–H groups in total. The van der Waals surface area contributed by atoms with Crippen LogP contribution in [0, 0.1) is 0 Å². The van der Waals surface area contributed by atoms with Crippen LogP contribution >= 0.6 is 0 Å². The van der Waals surface area contributed by atoms with Gasteiger partial charge in [0.15, 0.2) is 0 Å². The zero-order chi connectivity index (χ0) is 12.7. The molecule has 0 radical (unpaired) electrons. The first-order chi connectivity index (χ1) is 8.14. The Labute approximate surface area is 102 Å². The smallest absolute Gasteiger partial charge is 0.331 e. The maximum Gasteiger partial charge on any atom is 0.331 e. The highest BCUT2D eigenvalue weighted by atomic mass is 16.5. The van der Waals surface area contributed by atoms with Gasteiger partial charge in [0.1, 0.15) is 5.54 Å². The topological polar surface area (TPSA) is 67.4 Å². The van der Waals surface area contributed by atoms with E-state index in [1.54, 1.807) is 7.05 Å². The lowest BCUT2D eigenvalue weighted by atomic mass is 9.90. The highest BCUT2D eigenvalue weighted by Gasteiger charge is 2.40. The Morgan fingerprint density at radius 1 is 1.18 bits per heavy atom. The normalized spacial score (nSPS) is 19.2. The van der Waals surface area contributed by atoms with Gasteiger partial charge in [0.05, 0.1) is 13.7 Å². The van der Waals surface area contributed by atoms with E-state index in [1.807, 2.05) is 0 Å². The molecule has 0 spiro atoms. The summed E-state index contributed by atoms with van der Waals surface area (Å²) in [5.74, 6) is -0.469. The van der Waals surface area contributed by atoms with Crippen LogP contribution in [0.25, 0.3) is 0 Å². The summed E-state index contributed by atoms with van der Waals surface area (Å²) in [6, 6.07) is 0. The molecular formula is C12H22N2O3. The SMILES string of the molecule is CNCC(=O)NC1(C(=O)OC)CCCCCC1. The average Bonchev–Trinajstić information content (AvgIpc) is 2.55. The fraction of sp³-hybridized carbons (Fsp3) is 0.833. The van der Waals surface area contributed by atoms with Crippen LogP contribution in [0.4, 0.5) is 0 Å². The largest absolute Gasteiger partial charge is 0.467 e. The summed E-state index contributed by atoms with van der Waals surface area (Å²) in [5.41, 5.74) is -0.806. The van der Waals surface area contributed by atoms with Gasteiger partial charge in [0.25, 0.3) is 0 Å². The van der Waals surface area contributed by atoms with Crippen LogP contribution in [0.3, 0.4) is 0 Å².